The van der Waals surface area contributed by atoms with Gasteiger partial charge in [-0.25, -0.2) is 4.39 Å². The Morgan fingerprint density at radius 2 is 1.92 bits per heavy atom. The van der Waals surface area contributed by atoms with Crippen LogP contribution < -0.4 is 5.73 Å². The molecule has 13 heavy (non-hydrogen) atoms. The average Bonchev–Trinajstić information content (AvgIpc) is 2.18. The van der Waals surface area contributed by atoms with Crippen molar-refractivity contribution in [3.63, 3.8) is 0 Å². The molecule has 1 rings (SSSR count). The van der Waals surface area contributed by atoms with Gasteiger partial charge in [0.1, 0.15) is 11.4 Å². The van der Waals surface area contributed by atoms with Crippen LogP contribution in [0.4, 0.5) is 4.39 Å². The molecule has 2 nitrogen and oxygen atoms in total. The minimum absolute atomic E-state index is 0.251. The number of hydrogen-bond acceptors (Lipinski definition) is 2. The second-order valence-electron chi connectivity index (χ2n) is 3.15. The Hall–Kier alpha value is -0.930. The van der Waals surface area contributed by atoms with Gasteiger partial charge in [-0.3, -0.25) is 0 Å². The zero-order valence-electron chi connectivity index (χ0n) is 7.88. The topological polar surface area (TPSA) is 35.2 Å². The van der Waals surface area contributed by atoms with E-state index < -0.39 is 5.60 Å². The van der Waals surface area contributed by atoms with Crippen molar-refractivity contribution in [2.45, 2.75) is 12.5 Å². The molecule has 2 N–H and O–H groups in total. The number of halogens is 1. The van der Waals surface area contributed by atoms with Gasteiger partial charge in [0.15, 0.2) is 0 Å². The van der Waals surface area contributed by atoms with Crippen LogP contribution in [-0.4, -0.2) is 13.7 Å². The van der Waals surface area contributed by atoms with Crippen LogP contribution in [-0.2, 0) is 10.3 Å². The van der Waals surface area contributed by atoms with Crippen LogP contribution in [0.2, 0.25) is 0 Å². The van der Waals surface area contributed by atoms with Crippen molar-refractivity contribution in [1.82, 2.24) is 0 Å². The Kier molecular flexibility index (Phi) is 3.01. The summed E-state index contributed by atoms with van der Waals surface area (Å²) < 4.78 is 17.9. The first kappa shape index (κ1) is 10.2. The van der Waals surface area contributed by atoms with E-state index in [0.29, 0.717) is 6.54 Å². The van der Waals surface area contributed by atoms with E-state index in [4.69, 9.17) is 10.5 Å². The molecule has 0 saturated carbocycles. The second kappa shape index (κ2) is 3.85. The fourth-order valence-corrected chi connectivity index (χ4v) is 1.12. The highest BCUT2D eigenvalue weighted by Gasteiger charge is 2.23. The zero-order valence-corrected chi connectivity index (χ0v) is 7.88. The summed E-state index contributed by atoms with van der Waals surface area (Å²) >= 11 is 0. The lowest BCUT2D eigenvalue weighted by atomic mass is 9.96. The molecule has 0 aliphatic carbocycles. The highest BCUT2D eigenvalue weighted by Crippen LogP contribution is 2.22. The monoisotopic (exact) mass is 183 g/mol. The second-order valence-corrected chi connectivity index (χ2v) is 3.15. The van der Waals surface area contributed by atoms with Gasteiger partial charge in [0.2, 0.25) is 0 Å². The van der Waals surface area contributed by atoms with E-state index in [1.54, 1.807) is 19.2 Å². The largest absolute Gasteiger partial charge is 0.372 e. The number of benzene rings is 1. The molecule has 1 atom stereocenters. The van der Waals surface area contributed by atoms with Gasteiger partial charge in [-0.2, -0.15) is 0 Å². The smallest absolute Gasteiger partial charge is 0.123 e. The van der Waals surface area contributed by atoms with Crippen LogP contribution in [0.1, 0.15) is 12.5 Å². The van der Waals surface area contributed by atoms with Crippen LogP contribution in [0.5, 0.6) is 0 Å². The lowest BCUT2D eigenvalue weighted by molar-refractivity contribution is 0.0100. The first-order chi connectivity index (χ1) is 6.12. The molecule has 0 radical (unpaired) electrons. The molecule has 0 fully saturated rings. The van der Waals surface area contributed by atoms with Gasteiger partial charge >= 0.3 is 0 Å². The molecule has 0 heterocycles. The van der Waals surface area contributed by atoms with Gasteiger partial charge in [-0.1, -0.05) is 12.1 Å². The summed E-state index contributed by atoms with van der Waals surface area (Å²) in [6.07, 6.45) is 0. The molecule has 0 aromatic heterocycles. The van der Waals surface area contributed by atoms with Crippen molar-refractivity contribution in [1.29, 1.82) is 0 Å². The van der Waals surface area contributed by atoms with E-state index in [9.17, 15) is 4.39 Å². The molecule has 0 aliphatic heterocycles. The standard InChI is InChI=1S/C10H14FNO/c1-10(7-12,13-2)8-3-5-9(11)6-4-8/h3-6H,7,12H2,1-2H3. The first-order valence-electron chi connectivity index (χ1n) is 4.13. The van der Waals surface area contributed by atoms with Crippen molar-refractivity contribution in [2.75, 3.05) is 13.7 Å². The molecular weight excluding hydrogens is 169 g/mol. The third-order valence-corrected chi connectivity index (χ3v) is 2.29. The Labute approximate surface area is 77.5 Å². The maximum Gasteiger partial charge on any atom is 0.123 e. The minimum atomic E-state index is -0.520. The van der Waals surface area contributed by atoms with Crippen LogP contribution in [0, 0.1) is 5.82 Å². The van der Waals surface area contributed by atoms with Crippen LogP contribution >= 0.6 is 0 Å². The SMILES string of the molecule is COC(C)(CN)c1ccc(F)cc1. The van der Waals surface area contributed by atoms with Crippen molar-refractivity contribution in [3.05, 3.63) is 35.6 Å². The summed E-state index contributed by atoms with van der Waals surface area (Å²) in [6.45, 7) is 2.25. The molecule has 0 spiro atoms. The molecule has 1 aromatic carbocycles. The van der Waals surface area contributed by atoms with Gasteiger partial charge in [0.05, 0.1) is 0 Å². The average molecular weight is 183 g/mol. The first-order valence-corrected chi connectivity index (χ1v) is 4.13. The number of ether oxygens (including phenoxy) is 1. The minimum Gasteiger partial charge on any atom is -0.372 e. The maximum absolute atomic E-state index is 12.6. The normalized spacial score (nSPS) is 15.4. The lowest BCUT2D eigenvalue weighted by Gasteiger charge is -2.26. The molecule has 72 valence electrons. The summed E-state index contributed by atoms with van der Waals surface area (Å²) in [6, 6.07) is 6.18. The number of methoxy groups -OCH3 is 1. The Morgan fingerprint density at radius 3 is 2.31 bits per heavy atom. The molecule has 1 aromatic rings. The number of hydrogen-bond donors (Lipinski definition) is 1. The lowest BCUT2D eigenvalue weighted by Crippen LogP contribution is -2.33. The predicted octanol–water partition coefficient (Wildman–Crippen LogP) is 1.65. The van der Waals surface area contributed by atoms with E-state index in [1.807, 2.05) is 6.92 Å². The molecule has 0 aliphatic rings. The summed E-state index contributed by atoms with van der Waals surface area (Å²) in [5.74, 6) is -0.251. The summed E-state index contributed by atoms with van der Waals surface area (Å²) in [4.78, 5) is 0. The van der Waals surface area contributed by atoms with Crippen molar-refractivity contribution in [2.24, 2.45) is 5.73 Å². The van der Waals surface area contributed by atoms with E-state index in [0.717, 1.165) is 5.56 Å². The number of rotatable bonds is 3. The van der Waals surface area contributed by atoms with Gasteiger partial charge in [0, 0.05) is 13.7 Å². The fourth-order valence-electron chi connectivity index (χ4n) is 1.12. The molecule has 1 unspecified atom stereocenters. The molecule has 0 saturated heterocycles. The van der Waals surface area contributed by atoms with Crippen LogP contribution in [0.15, 0.2) is 24.3 Å². The fraction of sp³-hybridized carbons (Fsp3) is 0.400. The Bertz CT molecular complexity index is 267. The van der Waals surface area contributed by atoms with Crippen molar-refractivity contribution >= 4 is 0 Å². The molecular formula is C10H14FNO. The summed E-state index contributed by atoms with van der Waals surface area (Å²) in [7, 11) is 1.59. The van der Waals surface area contributed by atoms with E-state index in [2.05, 4.69) is 0 Å². The van der Waals surface area contributed by atoms with Crippen LogP contribution in [0.25, 0.3) is 0 Å². The Balaban J connectivity index is 2.99. The van der Waals surface area contributed by atoms with E-state index >= 15 is 0 Å². The van der Waals surface area contributed by atoms with Gasteiger partial charge < -0.3 is 10.5 Å². The zero-order chi connectivity index (χ0) is 9.90. The van der Waals surface area contributed by atoms with Crippen molar-refractivity contribution < 1.29 is 9.13 Å². The summed E-state index contributed by atoms with van der Waals surface area (Å²) in [5, 5.41) is 0. The maximum atomic E-state index is 12.6. The molecule has 0 amide bonds. The predicted molar refractivity (Wildman–Crippen MR) is 49.8 cm³/mol. The highest BCUT2D eigenvalue weighted by atomic mass is 19.1. The van der Waals surface area contributed by atoms with Gasteiger partial charge in [-0.15, -0.1) is 0 Å². The third kappa shape index (κ3) is 2.05. The molecule has 3 heteroatoms. The van der Waals surface area contributed by atoms with Gasteiger partial charge in [-0.05, 0) is 24.6 Å². The van der Waals surface area contributed by atoms with Crippen molar-refractivity contribution in [3.8, 4) is 0 Å². The Morgan fingerprint density at radius 1 is 1.38 bits per heavy atom. The summed E-state index contributed by atoms with van der Waals surface area (Å²) in [5.41, 5.74) is 5.94. The quantitative estimate of drug-likeness (QED) is 0.773. The van der Waals surface area contributed by atoms with E-state index in [-0.39, 0.29) is 5.82 Å². The third-order valence-electron chi connectivity index (χ3n) is 2.29. The number of nitrogens with two attached hydrogens (primary N) is 1. The molecule has 0 bridgehead atoms. The highest BCUT2D eigenvalue weighted by molar-refractivity contribution is 5.22. The van der Waals surface area contributed by atoms with Gasteiger partial charge in [0.25, 0.3) is 0 Å². The van der Waals surface area contributed by atoms with Crippen LogP contribution in [0.3, 0.4) is 0 Å². The van der Waals surface area contributed by atoms with E-state index in [1.165, 1.54) is 12.1 Å².